The highest BCUT2D eigenvalue weighted by Gasteiger charge is 2.22. The Morgan fingerprint density at radius 2 is 2.05 bits per heavy atom. The second-order valence-electron chi connectivity index (χ2n) is 6.49. The summed E-state index contributed by atoms with van der Waals surface area (Å²) < 4.78 is 11.7. The molecule has 0 aliphatic carbocycles. The molecule has 1 aromatic rings. The van der Waals surface area contributed by atoms with Crippen molar-refractivity contribution in [1.29, 1.82) is 0 Å². The highest BCUT2D eigenvalue weighted by molar-refractivity contribution is 7.86. The standard InChI is InChI=1S/C16H25N3O2S/c1-16(2,3)22(21)12-9-18-15(20)13-7-6-8-17-14(13)19-10-4-5-11-19/h6-8H,4-5,9-12H2,1-3H3,(H,18,20). The van der Waals surface area contributed by atoms with E-state index in [1.807, 2.05) is 20.8 Å². The highest BCUT2D eigenvalue weighted by atomic mass is 32.2. The molecule has 1 N–H and O–H groups in total. The summed E-state index contributed by atoms with van der Waals surface area (Å²) in [7, 11) is -0.958. The van der Waals surface area contributed by atoms with Gasteiger partial charge in [0.05, 0.1) is 5.56 Å². The van der Waals surface area contributed by atoms with Gasteiger partial charge in [0.15, 0.2) is 0 Å². The maximum atomic E-state index is 12.4. The quantitative estimate of drug-likeness (QED) is 0.900. The average molecular weight is 323 g/mol. The summed E-state index contributed by atoms with van der Waals surface area (Å²) in [6.45, 7) is 8.14. The Kier molecular flexibility index (Phi) is 5.56. The molecule has 5 nitrogen and oxygen atoms in total. The third-order valence-electron chi connectivity index (χ3n) is 3.69. The highest BCUT2D eigenvalue weighted by Crippen LogP contribution is 2.21. The van der Waals surface area contributed by atoms with Crippen LogP contribution in [-0.4, -0.2) is 45.2 Å². The van der Waals surface area contributed by atoms with Crippen LogP contribution >= 0.6 is 0 Å². The molecule has 2 heterocycles. The van der Waals surface area contributed by atoms with Crippen molar-refractivity contribution in [3.63, 3.8) is 0 Å². The molecule has 0 aromatic carbocycles. The number of carbonyl (C=O) groups excluding carboxylic acids is 1. The summed E-state index contributed by atoms with van der Waals surface area (Å²) in [5, 5.41) is 2.87. The summed E-state index contributed by atoms with van der Waals surface area (Å²) in [6.07, 6.45) is 4.00. The normalized spacial score (nSPS) is 16.6. The van der Waals surface area contributed by atoms with E-state index in [0.29, 0.717) is 17.9 Å². The van der Waals surface area contributed by atoms with Crippen molar-refractivity contribution in [2.75, 3.05) is 30.3 Å². The van der Waals surface area contributed by atoms with Gasteiger partial charge in [0, 0.05) is 47.1 Å². The predicted molar refractivity (Wildman–Crippen MR) is 90.8 cm³/mol. The van der Waals surface area contributed by atoms with Gasteiger partial charge in [-0.05, 0) is 45.7 Å². The van der Waals surface area contributed by atoms with Crippen molar-refractivity contribution in [2.24, 2.45) is 0 Å². The summed E-state index contributed by atoms with van der Waals surface area (Å²) in [5.74, 6) is 1.09. The van der Waals surface area contributed by atoms with Gasteiger partial charge in [0.25, 0.3) is 5.91 Å². The van der Waals surface area contributed by atoms with Gasteiger partial charge in [-0.3, -0.25) is 9.00 Å². The summed E-state index contributed by atoms with van der Waals surface area (Å²) in [4.78, 5) is 18.9. The third-order valence-corrected chi connectivity index (χ3v) is 5.63. The number of rotatable bonds is 5. The van der Waals surface area contributed by atoms with E-state index in [0.717, 1.165) is 31.7 Å². The monoisotopic (exact) mass is 323 g/mol. The van der Waals surface area contributed by atoms with Crippen molar-refractivity contribution in [3.05, 3.63) is 23.9 Å². The number of anilines is 1. The number of pyridine rings is 1. The smallest absolute Gasteiger partial charge is 0.255 e. The van der Waals surface area contributed by atoms with E-state index in [2.05, 4.69) is 15.2 Å². The topological polar surface area (TPSA) is 62.3 Å². The van der Waals surface area contributed by atoms with Crippen LogP contribution in [0.3, 0.4) is 0 Å². The molecule has 1 saturated heterocycles. The Morgan fingerprint density at radius 3 is 2.68 bits per heavy atom. The van der Waals surface area contributed by atoms with Crippen molar-refractivity contribution >= 4 is 22.5 Å². The molecule has 2 rings (SSSR count). The maximum absolute atomic E-state index is 12.4. The second-order valence-corrected chi connectivity index (χ2v) is 8.81. The zero-order valence-corrected chi connectivity index (χ0v) is 14.4. The van der Waals surface area contributed by atoms with Gasteiger partial charge in [-0.15, -0.1) is 0 Å². The Hall–Kier alpha value is -1.43. The molecule has 0 spiro atoms. The molecule has 1 fully saturated rings. The number of aromatic nitrogens is 1. The molecular formula is C16H25N3O2S. The minimum absolute atomic E-state index is 0.138. The van der Waals surface area contributed by atoms with Crippen molar-refractivity contribution in [3.8, 4) is 0 Å². The molecule has 1 aromatic heterocycles. The summed E-state index contributed by atoms with van der Waals surface area (Å²) in [6, 6.07) is 3.58. The molecule has 6 heteroatoms. The van der Waals surface area contributed by atoms with Crippen LogP contribution in [-0.2, 0) is 10.8 Å². The van der Waals surface area contributed by atoms with Crippen LogP contribution in [0.15, 0.2) is 18.3 Å². The lowest BCUT2D eigenvalue weighted by atomic mass is 10.2. The lowest BCUT2D eigenvalue weighted by molar-refractivity contribution is 0.0956. The number of amides is 1. The van der Waals surface area contributed by atoms with E-state index in [-0.39, 0.29) is 10.7 Å². The fraction of sp³-hybridized carbons (Fsp3) is 0.625. The molecule has 1 atom stereocenters. The van der Waals surface area contributed by atoms with Crippen molar-refractivity contribution in [1.82, 2.24) is 10.3 Å². The second kappa shape index (κ2) is 7.22. The van der Waals surface area contributed by atoms with Crippen molar-refractivity contribution < 1.29 is 9.00 Å². The predicted octanol–water partition coefficient (Wildman–Crippen LogP) is 1.96. The van der Waals surface area contributed by atoms with E-state index in [9.17, 15) is 9.00 Å². The minimum Gasteiger partial charge on any atom is -0.356 e. The number of hydrogen-bond acceptors (Lipinski definition) is 4. The van der Waals surface area contributed by atoms with Crippen LogP contribution in [0.25, 0.3) is 0 Å². The zero-order chi connectivity index (χ0) is 16.2. The van der Waals surface area contributed by atoms with Crippen LogP contribution in [0.1, 0.15) is 44.0 Å². The van der Waals surface area contributed by atoms with E-state index in [1.165, 1.54) is 0 Å². The molecule has 0 radical (unpaired) electrons. The first-order valence-corrected chi connectivity index (χ1v) is 9.08. The van der Waals surface area contributed by atoms with Gasteiger partial charge in [-0.2, -0.15) is 0 Å². The first-order chi connectivity index (χ1) is 10.4. The maximum Gasteiger partial charge on any atom is 0.255 e. The molecule has 22 heavy (non-hydrogen) atoms. The lowest BCUT2D eigenvalue weighted by Gasteiger charge is -2.20. The molecule has 1 aliphatic rings. The van der Waals surface area contributed by atoms with Crippen LogP contribution in [0.4, 0.5) is 5.82 Å². The summed E-state index contributed by atoms with van der Waals surface area (Å²) in [5.41, 5.74) is 0.603. The number of nitrogens with zero attached hydrogens (tertiary/aromatic N) is 2. The van der Waals surface area contributed by atoms with E-state index in [4.69, 9.17) is 0 Å². The molecule has 122 valence electrons. The van der Waals surface area contributed by atoms with E-state index < -0.39 is 10.8 Å². The largest absolute Gasteiger partial charge is 0.356 e. The molecule has 0 bridgehead atoms. The molecule has 0 saturated carbocycles. The van der Waals surface area contributed by atoms with E-state index >= 15 is 0 Å². The first-order valence-electron chi connectivity index (χ1n) is 7.76. The average Bonchev–Trinajstić information content (AvgIpc) is 3.00. The number of carbonyl (C=O) groups is 1. The van der Waals surface area contributed by atoms with Crippen molar-refractivity contribution in [2.45, 2.75) is 38.4 Å². The first kappa shape index (κ1) is 16.9. The van der Waals surface area contributed by atoms with Gasteiger partial charge >= 0.3 is 0 Å². The van der Waals surface area contributed by atoms with Crippen LogP contribution in [0.5, 0.6) is 0 Å². The number of hydrogen-bond donors (Lipinski definition) is 1. The zero-order valence-electron chi connectivity index (χ0n) is 13.6. The molecule has 1 aliphatic heterocycles. The Labute approximate surface area is 135 Å². The Morgan fingerprint density at radius 1 is 1.36 bits per heavy atom. The Balaban J connectivity index is 1.97. The van der Waals surface area contributed by atoms with Crippen LogP contribution in [0.2, 0.25) is 0 Å². The minimum atomic E-state index is -0.958. The number of nitrogens with one attached hydrogen (secondary N) is 1. The van der Waals surface area contributed by atoms with Gasteiger partial charge in [-0.1, -0.05) is 0 Å². The fourth-order valence-corrected chi connectivity index (χ4v) is 3.31. The van der Waals surface area contributed by atoms with E-state index in [1.54, 1.807) is 18.3 Å². The molecule has 1 amide bonds. The molecular weight excluding hydrogens is 298 g/mol. The third kappa shape index (κ3) is 4.29. The fourth-order valence-electron chi connectivity index (χ4n) is 2.41. The van der Waals surface area contributed by atoms with Gasteiger partial charge in [0.1, 0.15) is 5.82 Å². The van der Waals surface area contributed by atoms with Gasteiger partial charge < -0.3 is 10.2 Å². The molecule has 1 unspecified atom stereocenters. The lowest BCUT2D eigenvalue weighted by Crippen LogP contribution is -2.33. The van der Waals surface area contributed by atoms with Crippen LogP contribution < -0.4 is 10.2 Å². The van der Waals surface area contributed by atoms with Crippen LogP contribution in [0, 0.1) is 0 Å². The Bertz CT molecular complexity index is 549. The van der Waals surface area contributed by atoms with Gasteiger partial charge in [0.2, 0.25) is 0 Å². The summed E-state index contributed by atoms with van der Waals surface area (Å²) >= 11 is 0. The SMILES string of the molecule is CC(C)(C)S(=O)CCNC(=O)c1cccnc1N1CCCC1. The van der Waals surface area contributed by atoms with Gasteiger partial charge in [-0.25, -0.2) is 4.98 Å².